The third-order valence-electron chi connectivity index (χ3n) is 9.87. The molecule has 3 aliphatic heterocycles. The van der Waals surface area contributed by atoms with Gasteiger partial charge in [-0.2, -0.15) is 0 Å². The number of allylic oxidation sites excluding steroid dienone is 2. The van der Waals surface area contributed by atoms with Gasteiger partial charge in [0.25, 0.3) is 5.79 Å². The quantitative estimate of drug-likeness (QED) is 0.108. The summed E-state index contributed by atoms with van der Waals surface area (Å²) in [6.45, 7) is 7.86. The average molecular weight is 777 g/mol. The Bertz CT molecular complexity index is 2540. The molecule has 0 radical (unpaired) electrons. The largest absolute Gasteiger partial charge is 0.508 e. The van der Waals surface area contributed by atoms with Crippen LogP contribution in [0.5, 0.6) is 51.7 Å². The first-order valence-corrected chi connectivity index (χ1v) is 18.1. The first kappa shape index (κ1) is 38.7. The van der Waals surface area contributed by atoms with Gasteiger partial charge in [-0.05, 0) is 88.2 Å². The van der Waals surface area contributed by atoms with Crippen molar-refractivity contribution in [2.45, 2.75) is 45.5 Å². The van der Waals surface area contributed by atoms with Crippen molar-refractivity contribution in [2.24, 2.45) is 0 Å². The normalized spacial score (nSPS) is 16.7. The summed E-state index contributed by atoms with van der Waals surface area (Å²) in [5, 5.41) is 32.2. The fourth-order valence-corrected chi connectivity index (χ4v) is 7.01. The molecule has 0 saturated carbocycles. The van der Waals surface area contributed by atoms with Crippen LogP contribution in [0.25, 0.3) is 39.8 Å². The molecule has 12 heteroatoms. The van der Waals surface area contributed by atoms with Crippen LogP contribution in [0.2, 0.25) is 0 Å². The Labute approximate surface area is 329 Å². The first-order chi connectivity index (χ1) is 27.2. The number of phenols is 1. The Morgan fingerprint density at radius 1 is 0.877 bits per heavy atom. The molecule has 296 valence electrons. The Morgan fingerprint density at radius 2 is 1.60 bits per heavy atom. The lowest BCUT2D eigenvalue weighted by Gasteiger charge is -2.39. The molecule has 3 N–H and O–H groups in total. The molecule has 0 aliphatic carbocycles. The van der Waals surface area contributed by atoms with Crippen LogP contribution in [0, 0.1) is 0 Å². The highest BCUT2D eigenvalue weighted by molar-refractivity contribution is 6.02. The lowest BCUT2D eigenvalue weighted by Crippen LogP contribution is -2.47. The van der Waals surface area contributed by atoms with Gasteiger partial charge in [-0.3, -0.25) is 0 Å². The lowest BCUT2D eigenvalue weighted by atomic mass is 9.90. The summed E-state index contributed by atoms with van der Waals surface area (Å²) in [6, 6.07) is 15.0. The number of benzene rings is 4. The van der Waals surface area contributed by atoms with Gasteiger partial charge in [0.2, 0.25) is 0 Å². The van der Waals surface area contributed by atoms with Crippen molar-refractivity contribution in [3.05, 3.63) is 105 Å². The molecule has 0 spiro atoms. The molecule has 8 rings (SSSR count). The van der Waals surface area contributed by atoms with Crippen LogP contribution in [0.4, 0.5) is 0 Å². The molecule has 4 aromatic carbocycles. The molecule has 4 heterocycles. The van der Waals surface area contributed by atoms with Gasteiger partial charge in [-0.1, -0.05) is 23.8 Å². The topological polar surface area (TPSA) is 156 Å². The van der Waals surface area contributed by atoms with E-state index < -0.39 is 17.0 Å². The number of hydrogen-bond acceptors (Lipinski definition) is 12. The van der Waals surface area contributed by atoms with E-state index in [1.165, 1.54) is 19.2 Å². The monoisotopic (exact) mass is 776 g/mol. The highest BCUT2D eigenvalue weighted by Crippen LogP contribution is 2.51. The third kappa shape index (κ3) is 7.08. The van der Waals surface area contributed by atoms with E-state index in [0.29, 0.717) is 74.3 Å². The molecular formula is C45H44O12. The van der Waals surface area contributed by atoms with Gasteiger partial charge in [0, 0.05) is 34.4 Å². The van der Waals surface area contributed by atoms with E-state index in [0.717, 1.165) is 16.7 Å². The van der Waals surface area contributed by atoms with Crippen LogP contribution in [0.15, 0.2) is 81.5 Å². The van der Waals surface area contributed by atoms with Gasteiger partial charge in [0.05, 0.1) is 34.0 Å². The maximum atomic E-state index is 12.9. The molecule has 3 aliphatic rings. The number of rotatable bonds is 7. The fourth-order valence-electron chi connectivity index (χ4n) is 7.01. The van der Waals surface area contributed by atoms with E-state index >= 15 is 0 Å². The van der Waals surface area contributed by atoms with Gasteiger partial charge in [-0.25, -0.2) is 4.79 Å². The standard InChI is InChI=1S/C26H26O6.C19H18O6/c1-14(2)6-11-17-22-18(12-13-26(3,4)32-22)24-20(23(17)30-5)21(28)19(25(29)31-24)15-7-9-16(27)10-8-15;1-21-12-5-4-11-6-14-13-8-17(22-2)18(23-3)9-16(13)24-10-19(14,20)25-15(11)7-12/h6-10,12-13,27-28H,11H2,1-5H3;4-9,20H,10H2,1-3H3. The molecule has 1 aromatic heterocycles. The zero-order valence-electron chi connectivity index (χ0n) is 32.9. The predicted octanol–water partition coefficient (Wildman–Crippen LogP) is 8.30. The van der Waals surface area contributed by atoms with Crippen LogP contribution in [-0.4, -0.2) is 61.8 Å². The van der Waals surface area contributed by atoms with Gasteiger partial charge in [0.15, 0.2) is 23.7 Å². The molecule has 57 heavy (non-hydrogen) atoms. The molecule has 0 amide bonds. The van der Waals surface area contributed by atoms with Crippen LogP contribution in [0.1, 0.15) is 49.9 Å². The fraction of sp³-hybridized carbons (Fsp3) is 0.267. The zero-order valence-corrected chi connectivity index (χ0v) is 32.9. The van der Waals surface area contributed by atoms with Crippen molar-refractivity contribution in [3.63, 3.8) is 0 Å². The Kier molecular flexibility index (Phi) is 10.1. The van der Waals surface area contributed by atoms with E-state index in [9.17, 15) is 20.1 Å². The number of fused-ring (bicyclic) bond motifs is 7. The van der Waals surface area contributed by atoms with E-state index in [-0.39, 0.29) is 29.3 Å². The summed E-state index contributed by atoms with van der Waals surface area (Å²) in [5.74, 6) is 2.12. The number of phenolic OH excluding ortho intramolecular Hbond substituents is 1. The van der Waals surface area contributed by atoms with E-state index in [2.05, 4.69) is 6.08 Å². The Morgan fingerprint density at radius 3 is 2.26 bits per heavy atom. The smallest absolute Gasteiger partial charge is 0.348 e. The Balaban J connectivity index is 0.000000179. The summed E-state index contributed by atoms with van der Waals surface area (Å²) in [5.41, 5.74) is 4.02. The van der Waals surface area contributed by atoms with Crippen molar-refractivity contribution in [3.8, 4) is 62.9 Å². The maximum absolute atomic E-state index is 12.9. The molecule has 5 aromatic rings. The summed E-state index contributed by atoms with van der Waals surface area (Å²) in [7, 11) is 6.23. The molecule has 12 nitrogen and oxygen atoms in total. The summed E-state index contributed by atoms with van der Waals surface area (Å²) < 4.78 is 45.3. The van der Waals surface area contributed by atoms with E-state index in [4.69, 9.17) is 37.6 Å². The summed E-state index contributed by atoms with van der Waals surface area (Å²) >= 11 is 0. The molecule has 1 unspecified atom stereocenters. The molecule has 0 bridgehead atoms. The van der Waals surface area contributed by atoms with Crippen molar-refractivity contribution in [1.82, 2.24) is 0 Å². The van der Waals surface area contributed by atoms with Crippen LogP contribution in [0.3, 0.4) is 0 Å². The minimum atomic E-state index is -1.58. The Hall–Kier alpha value is -6.53. The van der Waals surface area contributed by atoms with E-state index in [1.807, 2.05) is 58.1 Å². The van der Waals surface area contributed by atoms with Gasteiger partial charge in [0.1, 0.15) is 56.8 Å². The molecular weight excluding hydrogens is 732 g/mol. The van der Waals surface area contributed by atoms with Crippen molar-refractivity contribution >= 4 is 28.7 Å². The number of aromatic hydroxyl groups is 2. The van der Waals surface area contributed by atoms with Crippen LogP contribution < -0.4 is 38.8 Å². The van der Waals surface area contributed by atoms with Crippen LogP contribution in [-0.2, 0) is 6.42 Å². The van der Waals surface area contributed by atoms with Crippen molar-refractivity contribution in [2.75, 3.05) is 35.0 Å². The highest BCUT2D eigenvalue weighted by Gasteiger charge is 2.44. The molecule has 1 atom stereocenters. The number of methoxy groups -OCH3 is 4. The molecule has 0 saturated heterocycles. The molecule has 0 fully saturated rings. The number of hydrogen-bond donors (Lipinski definition) is 3. The van der Waals surface area contributed by atoms with Gasteiger partial charge < -0.3 is 52.9 Å². The van der Waals surface area contributed by atoms with Crippen LogP contribution >= 0.6 is 0 Å². The summed E-state index contributed by atoms with van der Waals surface area (Å²) in [4.78, 5) is 12.9. The first-order valence-electron chi connectivity index (χ1n) is 18.1. The average Bonchev–Trinajstić information content (AvgIpc) is 3.18. The zero-order chi connectivity index (χ0) is 40.8. The lowest BCUT2D eigenvalue weighted by molar-refractivity contribution is -0.116. The summed E-state index contributed by atoms with van der Waals surface area (Å²) in [6.07, 6.45) is 8.20. The second-order valence-electron chi connectivity index (χ2n) is 14.5. The minimum absolute atomic E-state index is 0.00458. The predicted molar refractivity (Wildman–Crippen MR) is 216 cm³/mol. The minimum Gasteiger partial charge on any atom is -0.508 e. The SMILES string of the molecule is COc1c(CC=C(C)C)c2c(c3oc(=O)c(-c4ccc(O)cc4)c(O)c13)C=CC(C)(C)O2.COc1ccc2c(c1)OC1(O)COc3cc(OC)c(OC)cc3C1=C2. The van der Waals surface area contributed by atoms with Gasteiger partial charge >= 0.3 is 5.63 Å². The third-order valence-corrected chi connectivity index (χ3v) is 9.87. The highest BCUT2D eigenvalue weighted by atomic mass is 16.7. The second-order valence-corrected chi connectivity index (χ2v) is 14.5. The van der Waals surface area contributed by atoms with Crippen molar-refractivity contribution < 1.29 is 52.9 Å². The number of ether oxygens (including phenoxy) is 7. The number of aliphatic hydroxyl groups is 1. The van der Waals surface area contributed by atoms with E-state index in [1.54, 1.807) is 51.7 Å². The van der Waals surface area contributed by atoms with Gasteiger partial charge in [-0.15, -0.1) is 0 Å². The van der Waals surface area contributed by atoms with Crippen molar-refractivity contribution in [1.29, 1.82) is 0 Å². The maximum Gasteiger partial charge on any atom is 0.348 e. The second kappa shape index (κ2) is 14.8.